The van der Waals surface area contributed by atoms with E-state index < -0.39 is 5.97 Å². The molecular weight excluding hydrogens is 284 g/mol. The van der Waals surface area contributed by atoms with Crippen LogP contribution in [0.15, 0.2) is 22.7 Å². The van der Waals surface area contributed by atoms with E-state index in [0.29, 0.717) is 5.75 Å². The van der Waals surface area contributed by atoms with Gasteiger partial charge in [0.15, 0.2) is 4.34 Å². The third-order valence-corrected chi connectivity index (χ3v) is 4.45. The van der Waals surface area contributed by atoms with E-state index in [0.717, 1.165) is 15.2 Å². The number of rotatable bonds is 5. The lowest BCUT2D eigenvalue weighted by Crippen LogP contribution is -2.07. The first kappa shape index (κ1) is 13.8. The Hall–Kier alpha value is -1.67. The van der Waals surface area contributed by atoms with Gasteiger partial charge in [-0.25, -0.2) is 4.79 Å². The minimum absolute atomic E-state index is 0.194. The van der Waals surface area contributed by atoms with E-state index in [4.69, 9.17) is 5.11 Å². The molecule has 2 aromatic rings. The van der Waals surface area contributed by atoms with Gasteiger partial charge in [-0.1, -0.05) is 23.1 Å². The number of thioether (sulfide) groups is 1. The quantitative estimate of drug-likeness (QED) is 0.845. The topological polar surface area (TPSA) is 79.2 Å². The molecular formula is C11H12N4O2S2. The average molecular weight is 296 g/mol. The van der Waals surface area contributed by atoms with Crippen LogP contribution in [0, 0.1) is 0 Å². The smallest absolute Gasteiger partial charge is 0.337 e. The first-order valence-corrected chi connectivity index (χ1v) is 7.18. The van der Waals surface area contributed by atoms with Gasteiger partial charge in [-0.2, -0.15) is 0 Å². The third-order valence-electron chi connectivity index (χ3n) is 2.19. The highest BCUT2D eigenvalue weighted by molar-refractivity contribution is 8.00. The normalized spacial score (nSPS) is 10.4. The Morgan fingerprint density at radius 1 is 1.42 bits per heavy atom. The van der Waals surface area contributed by atoms with Gasteiger partial charge in [-0.3, -0.25) is 4.98 Å². The first-order valence-electron chi connectivity index (χ1n) is 5.38. The molecule has 0 spiro atoms. The summed E-state index contributed by atoms with van der Waals surface area (Å²) in [5.74, 6) is -0.325. The van der Waals surface area contributed by atoms with Gasteiger partial charge in [0, 0.05) is 26.0 Å². The van der Waals surface area contributed by atoms with Crippen molar-refractivity contribution in [3.8, 4) is 0 Å². The maximum Gasteiger partial charge on any atom is 0.337 e. The van der Waals surface area contributed by atoms with Gasteiger partial charge in [0.05, 0.1) is 11.3 Å². The summed E-state index contributed by atoms with van der Waals surface area (Å²) in [4.78, 5) is 16.7. The van der Waals surface area contributed by atoms with Gasteiger partial charge in [-0.15, -0.1) is 10.2 Å². The molecule has 2 rings (SSSR count). The number of carbonyl (C=O) groups is 1. The Morgan fingerprint density at radius 3 is 2.74 bits per heavy atom. The van der Waals surface area contributed by atoms with Crippen LogP contribution < -0.4 is 4.90 Å². The number of pyridine rings is 1. The standard InChI is InChI=1S/C11H12N4O2S2/c1-15(2)10-13-14-11(19-10)18-6-8-4-3-7(5-12-8)9(16)17/h3-5H,6H2,1-2H3,(H,16,17). The van der Waals surface area contributed by atoms with Crippen LogP contribution in [0.2, 0.25) is 0 Å². The van der Waals surface area contributed by atoms with Gasteiger partial charge < -0.3 is 10.0 Å². The fraction of sp³-hybridized carbons (Fsp3) is 0.273. The Labute approximate surface area is 118 Å². The minimum atomic E-state index is -0.966. The predicted octanol–water partition coefficient (Wildman–Crippen LogP) is 1.99. The molecule has 0 radical (unpaired) electrons. The summed E-state index contributed by atoms with van der Waals surface area (Å²) in [6.45, 7) is 0. The van der Waals surface area contributed by atoms with E-state index in [1.165, 1.54) is 29.3 Å². The molecule has 0 atom stereocenters. The summed E-state index contributed by atoms with van der Waals surface area (Å²) in [6.07, 6.45) is 1.36. The molecule has 0 fully saturated rings. The molecule has 0 aliphatic carbocycles. The van der Waals surface area contributed by atoms with Crippen LogP contribution in [0.4, 0.5) is 5.13 Å². The molecule has 0 aromatic carbocycles. The number of aromatic nitrogens is 3. The summed E-state index contributed by atoms with van der Waals surface area (Å²) < 4.78 is 0.868. The molecule has 0 unspecified atom stereocenters. The van der Waals surface area contributed by atoms with Crippen LogP contribution in [0.3, 0.4) is 0 Å². The van der Waals surface area contributed by atoms with Gasteiger partial charge in [-0.05, 0) is 12.1 Å². The van der Waals surface area contributed by atoms with Crippen LogP contribution in [0.5, 0.6) is 0 Å². The molecule has 100 valence electrons. The number of hydrogen-bond acceptors (Lipinski definition) is 7. The molecule has 0 aliphatic heterocycles. The lowest BCUT2D eigenvalue weighted by molar-refractivity contribution is 0.0696. The highest BCUT2D eigenvalue weighted by Crippen LogP contribution is 2.28. The van der Waals surface area contributed by atoms with Crippen LogP contribution in [-0.2, 0) is 5.75 Å². The van der Waals surface area contributed by atoms with E-state index >= 15 is 0 Å². The third kappa shape index (κ3) is 3.65. The van der Waals surface area contributed by atoms with Crippen molar-refractivity contribution in [3.05, 3.63) is 29.6 Å². The summed E-state index contributed by atoms with van der Waals surface area (Å²) in [7, 11) is 3.84. The van der Waals surface area contributed by atoms with Gasteiger partial charge in [0.2, 0.25) is 5.13 Å². The first-order chi connectivity index (χ1) is 9.06. The maximum atomic E-state index is 10.7. The Kier molecular flexibility index (Phi) is 4.33. The second-order valence-electron chi connectivity index (χ2n) is 3.88. The molecule has 2 heterocycles. The number of aromatic carboxylic acids is 1. The second kappa shape index (κ2) is 5.98. The highest BCUT2D eigenvalue weighted by Gasteiger charge is 2.08. The van der Waals surface area contributed by atoms with Crippen molar-refractivity contribution in [1.82, 2.24) is 15.2 Å². The molecule has 8 heteroatoms. The fourth-order valence-electron chi connectivity index (χ4n) is 1.21. The van der Waals surface area contributed by atoms with Gasteiger partial charge >= 0.3 is 5.97 Å². The van der Waals surface area contributed by atoms with E-state index in [-0.39, 0.29) is 5.56 Å². The van der Waals surface area contributed by atoms with E-state index in [9.17, 15) is 4.79 Å². The van der Waals surface area contributed by atoms with Crippen molar-refractivity contribution in [3.63, 3.8) is 0 Å². The summed E-state index contributed by atoms with van der Waals surface area (Å²) >= 11 is 3.05. The molecule has 0 bridgehead atoms. The van der Waals surface area contributed by atoms with Crippen molar-refractivity contribution >= 4 is 34.2 Å². The Balaban J connectivity index is 1.96. The Bertz CT molecular complexity index is 568. The van der Waals surface area contributed by atoms with Crippen molar-refractivity contribution in [2.24, 2.45) is 0 Å². The van der Waals surface area contributed by atoms with E-state index in [1.54, 1.807) is 12.1 Å². The van der Waals surface area contributed by atoms with Crippen molar-refractivity contribution in [2.45, 2.75) is 10.1 Å². The van der Waals surface area contributed by atoms with Gasteiger partial charge in [0.1, 0.15) is 0 Å². The highest BCUT2D eigenvalue weighted by atomic mass is 32.2. The monoisotopic (exact) mass is 296 g/mol. The SMILES string of the molecule is CN(C)c1nnc(SCc2ccc(C(=O)O)cn2)s1. The summed E-state index contributed by atoms with van der Waals surface area (Å²) in [5.41, 5.74) is 1.01. The molecule has 1 N–H and O–H groups in total. The van der Waals surface area contributed by atoms with E-state index in [1.807, 2.05) is 19.0 Å². The lowest BCUT2D eigenvalue weighted by Gasteiger charge is -2.03. The molecule has 0 saturated carbocycles. The van der Waals surface area contributed by atoms with Gasteiger partial charge in [0.25, 0.3) is 0 Å². The minimum Gasteiger partial charge on any atom is -0.478 e. The molecule has 2 aromatic heterocycles. The van der Waals surface area contributed by atoms with Crippen molar-refractivity contribution in [2.75, 3.05) is 19.0 Å². The zero-order valence-corrected chi connectivity index (χ0v) is 12.0. The summed E-state index contributed by atoms with van der Waals surface area (Å²) in [6, 6.07) is 3.26. The predicted molar refractivity (Wildman–Crippen MR) is 75.0 cm³/mol. The molecule has 0 saturated heterocycles. The second-order valence-corrected chi connectivity index (χ2v) is 6.06. The van der Waals surface area contributed by atoms with Crippen molar-refractivity contribution < 1.29 is 9.90 Å². The largest absolute Gasteiger partial charge is 0.478 e. The summed E-state index contributed by atoms with van der Waals surface area (Å²) in [5, 5.41) is 17.7. The van der Waals surface area contributed by atoms with Crippen LogP contribution in [0.1, 0.15) is 16.1 Å². The fourth-order valence-corrected chi connectivity index (χ4v) is 2.89. The average Bonchev–Trinajstić information content (AvgIpc) is 2.86. The van der Waals surface area contributed by atoms with E-state index in [2.05, 4.69) is 15.2 Å². The number of carboxylic acids is 1. The number of anilines is 1. The number of hydrogen-bond donors (Lipinski definition) is 1. The Morgan fingerprint density at radius 2 is 2.21 bits per heavy atom. The van der Waals surface area contributed by atoms with Crippen LogP contribution in [-0.4, -0.2) is 40.4 Å². The molecule has 0 amide bonds. The maximum absolute atomic E-state index is 10.7. The molecule has 19 heavy (non-hydrogen) atoms. The molecule has 0 aliphatic rings. The zero-order chi connectivity index (χ0) is 13.8. The number of carboxylic acid groups (broad SMARTS) is 1. The van der Waals surface area contributed by atoms with Crippen LogP contribution >= 0.6 is 23.1 Å². The number of nitrogens with zero attached hydrogens (tertiary/aromatic N) is 4. The van der Waals surface area contributed by atoms with Crippen LogP contribution in [0.25, 0.3) is 0 Å². The van der Waals surface area contributed by atoms with Crippen molar-refractivity contribution in [1.29, 1.82) is 0 Å². The molecule has 6 nitrogen and oxygen atoms in total. The zero-order valence-electron chi connectivity index (χ0n) is 10.4. The lowest BCUT2D eigenvalue weighted by atomic mass is 10.2.